The van der Waals surface area contributed by atoms with Crippen molar-refractivity contribution < 1.29 is 9.90 Å². The molecule has 5 aromatic rings. The average molecular weight is 475 g/mol. The number of aryl methyl sites for hydroxylation is 1. The number of anilines is 1. The number of hydrogen-bond donors (Lipinski definition) is 2. The molecule has 2 N–H and O–H groups in total. The lowest BCUT2D eigenvalue weighted by Crippen LogP contribution is -2.20. The van der Waals surface area contributed by atoms with Gasteiger partial charge in [0.1, 0.15) is 0 Å². The van der Waals surface area contributed by atoms with Crippen molar-refractivity contribution in [3.63, 3.8) is 0 Å². The van der Waals surface area contributed by atoms with Gasteiger partial charge in [-0.05, 0) is 64.9 Å². The molecule has 0 aliphatic heterocycles. The van der Waals surface area contributed by atoms with Crippen molar-refractivity contribution in [2.24, 2.45) is 0 Å². The highest BCUT2D eigenvalue weighted by molar-refractivity contribution is 5.80. The SMILES string of the molecule is CCCCc1c(-c2ccc(-c3ccc(NC(C(=O)O)c4ccccc4)cc3)cc2)cn2ccccc12. The summed E-state index contributed by atoms with van der Waals surface area (Å²) in [6, 6.07) is 31.5. The zero-order valence-corrected chi connectivity index (χ0v) is 20.4. The van der Waals surface area contributed by atoms with E-state index in [2.05, 4.69) is 71.5 Å². The fourth-order valence-electron chi connectivity index (χ4n) is 4.75. The zero-order chi connectivity index (χ0) is 24.9. The Morgan fingerprint density at radius 2 is 1.47 bits per heavy atom. The molecule has 0 radical (unpaired) electrons. The lowest BCUT2D eigenvalue weighted by Gasteiger charge is -2.16. The molecule has 0 spiro atoms. The van der Waals surface area contributed by atoms with Crippen LogP contribution in [-0.2, 0) is 11.2 Å². The minimum absolute atomic E-state index is 0.723. The highest BCUT2D eigenvalue weighted by Crippen LogP contribution is 2.32. The van der Waals surface area contributed by atoms with Gasteiger partial charge in [0.15, 0.2) is 6.04 Å². The van der Waals surface area contributed by atoms with E-state index in [9.17, 15) is 9.90 Å². The van der Waals surface area contributed by atoms with Crippen molar-refractivity contribution in [2.45, 2.75) is 32.2 Å². The van der Waals surface area contributed by atoms with Crippen LogP contribution in [0.25, 0.3) is 27.8 Å². The topological polar surface area (TPSA) is 53.7 Å². The van der Waals surface area contributed by atoms with Gasteiger partial charge in [0.05, 0.1) is 0 Å². The second kappa shape index (κ2) is 10.5. The fraction of sp³-hybridized carbons (Fsp3) is 0.156. The summed E-state index contributed by atoms with van der Waals surface area (Å²) >= 11 is 0. The Morgan fingerprint density at radius 1 is 0.833 bits per heavy atom. The quantitative estimate of drug-likeness (QED) is 0.229. The van der Waals surface area contributed by atoms with E-state index < -0.39 is 12.0 Å². The molecule has 36 heavy (non-hydrogen) atoms. The molecule has 1 unspecified atom stereocenters. The van der Waals surface area contributed by atoms with E-state index in [0.717, 1.165) is 28.8 Å². The Labute approximate surface area is 211 Å². The number of rotatable bonds is 9. The summed E-state index contributed by atoms with van der Waals surface area (Å²) in [5.74, 6) is -0.905. The van der Waals surface area contributed by atoms with Gasteiger partial charge >= 0.3 is 5.97 Å². The van der Waals surface area contributed by atoms with Crippen molar-refractivity contribution in [3.05, 3.63) is 121 Å². The van der Waals surface area contributed by atoms with Crippen molar-refractivity contribution in [1.82, 2.24) is 4.40 Å². The summed E-state index contributed by atoms with van der Waals surface area (Å²) in [6.07, 6.45) is 7.77. The maximum Gasteiger partial charge on any atom is 0.330 e. The van der Waals surface area contributed by atoms with Crippen molar-refractivity contribution in [2.75, 3.05) is 5.32 Å². The van der Waals surface area contributed by atoms with Crippen LogP contribution in [0, 0.1) is 0 Å². The molecule has 0 saturated carbocycles. The number of hydrogen-bond acceptors (Lipinski definition) is 2. The van der Waals surface area contributed by atoms with Gasteiger partial charge in [0.2, 0.25) is 0 Å². The monoisotopic (exact) mass is 474 g/mol. The van der Waals surface area contributed by atoms with Crippen molar-refractivity contribution >= 4 is 17.2 Å². The number of carbonyl (C=O) groups is 1. The van der Waals surface area contributed by atoms with Crippen LogP contribution in [0.1, 0.15) is 36.9 Å². The van der Waals surface area contributed by atoms with E-state index >= 15 is 0 Å². The number of aromatic nitrogens is 1. The van der Waals surface area contributed by atoms with Crippen LogP contribution >= 0.6 is 0 Å². The third-order valence-corrected chi connectivity index (χ3v) is 6.68. The molecule has 3 aromatic carbocycles. The van der Waals surface area contributed by atoms with Crippen LogP contribution in [0.2, 0.25) is 0 Å². The molecule has 4 heteroatoms. The molecule has 2 aromatic heterocycles. The van der Waals surface area contributed by atoms with Gasteiger partial charge in [0, 0.05) is 29.2 Å². The van der Waals surface area contributed by atoms with Crippen molar-refractivity contribution in [1.29, 1.82) is 0 Å². The van der Waals surface area contributed by atoms with Gasteiger partial charge < -0.3 is 14.8 Å². The van der Waals surface area contributed by atoms with Gasteiger partial charge in [-0.2, -0.15) is 0 Å². The minimum Gasteiger partial charge on any atom is -0.479 e. The summed E-state index contributed by atoms with van der Waals surface area (Å²) in [6.45, 7) is 2.23. The molecular formula is C32H30N2O2. The minimum atomic E-state index is -0.905. The molecule has 2 heterocycles. The summed E-state index contributed by atoms with van der Waals surface area (Å²) in [5.41, 5.74) is 8.92. The molecule has 0 fully saturated rings. The predicted molar refractivity (Wildman–Crippen MR) is 147 cm³/mol. The Balaban J connectivity index is 1.37. The fourth-order valence-corrected chi connectivity index (χ4v) is 4.75. The van der Waals surface area contributed by atoms with Gasteiger partial charge in [-0.1, -0.05) is 86.1 Å². The Hall–Kier alpha value is -4.31. The third-order valence-electron chi connectivity index (χ3n) is 6.68. The molecule has 1 atom stereocenters. The molecule has 4 nitrogen and oxygen atoms in total. The molecule has 0 bridgehead atoms. The Bertz CT molecular complexity index is 1450. The number of fused-ring (bicyclic) bond motifs is 1. The van der Waals surface area contributed by atoms with Crippen LogP contribution in [0.4, 0.5) is 5.69 Å². The molecule has 0 amide bonds. The largest absolute Gasteiger partial charge is 0.479 e. The second-order valence-corrected chi connectivity index (χ2v) is 9.10. The molecule has 0 aliphatic rings. The van der Waals surface area contributed by atoms with Crippen LogP contribution in [0.15, 0.2) is 109 Å². The standard InChI is InChI=1S/C32H30N2O2/c1-2-3-11-28-29(22-34-21-8-7-12-30(28)34)25-15-13-23(14-16-25)24-17-19-27(20-18-24)33-31(32(35)36)26-9-5-4-6-10-26/h4-10,12-22,31,33H,2-3,11H2,1H3,(H,35,36). The molecule has 0 saturated heterocycles. The maximum atomic E-state index is 11.8. The number of nitrogens with zero attached hydrogens (tertiary/aromatic N) is 1. The summed E-state index contributed by atoms with van der Waals surface area (Å²) in [7, 11) is 0. The summed E-state index contributed by atoms with van der Waals surface area (Å²) in [4.78, 5) is 11.8. The van der Waals surface area contributed by atoms with Crippen LogP contribution in [0.3, 0.4) is 0 Å². The number of nitrogens with one attached hydrogen (secondary N) is 1. The highest BCUT2D eigenvalue weighted by atomic mass is 16.4. The smallest absolute Gasteiger partial charge is 0.330 e. The number of aliphatic carboxylic acids is 1. The Kier molecular flexibility index (Phi) is 6.85. The molecule has 5 rings (SSSR count). The first kappa shape index (κ1) is 23.4. The van der Waals surface area contributed by atoms with Crippen LogP contribution in [0.5, 0.6) is 0 Å². The van der Waals surface area contributed by atoms with E-state index in [4.69, 9.17) is 0 Å². The average Bonchev–Trinajstić information content (AvgIpc) is 3.30. The number of benzene rings is 3. The number of carboxylic acids is 1. The number of unbranched alkanes of at least 4 members (excludes halogenated alkanes) is 1. The van der Waals surface area contributed by atoms with Crippen LogP contribution in [-0.4, -0.2) is 15.5 Å². The zero-order valence-electron chi connectivity index (χ0n) is 20.4. The van der Waals surface area contributed by atoms with Crippen molar-refractivity contribution in [3.8, 4) is 22.3 Å². The van der Waals surface area contributed by atoms with Gasteiger partial charge in [-0.25, -0.2) is 4.79 Å². The second-order valence-electron chi connectivity index (χ2n) is 9.10. The lowest BCUT2D eigenvalue weighted by atomic mass is 9.97. The maximum absolute atomic E-state index is 11.8. The predicted octanol–water partition coefficient (Wildman–Crippen LogP) is 7.85. The molecular weight excluding hydrogens is 444 g/mol. The first-order valence-corrected chi connectivity index (χ1v) is 12.5. The third kappa shape index (κ3) is 4.89. The van der Waals surface area contributed by atoms with Gasteiger partial charge in [0.25, 0.3) is 0 Å². The first-order chi connectivity index (χ1) is 17.6. The first-order valence-electron chi connectivity index (χ1n) is 12.5. The molecule has 0 aliphatic carbocycles. The lowest BCUT2D eigenvalue weighted by molar-refractivity contribution is -0.138. The van der Waals surface area contributed by atoms with Crippen LogP contribution < -0.4 is 5.32 Å². The normalized spacial score (nSPS) is 11.9. The van der Waals surface area contributed by atoms with Gasteiger partial charge in [-0.3, -0.25) is 0 Å². The van der Waals surface area contributed by atoms with E-state index in [-0.39, 0.29) is 0 Å². The summed E-state index contributed by atoms with van der Waals surface area (Å²) in [5, 5.41) is 12.8. The number of carboxylic acid groups (broad SMARTS) is 1. The molecule has 180 valence electrons. The highest BCUT2D eigenvalue weighted by Gasteiger charge is 2.19. The van der Waals surface area contributed by atoms with E-state index in [1.165, 1.54) is 35.0 Å². The number of pyridine rings is 1. The summed E-state index contributed by atoms with van der Waals surface area (Å²) < 4.78 is 2.22. The van der Waals surface area contributed by atoms with E-state index in [1.54, 1.807) is 0 Å². The van der Waals surface area contributed by atoms with Gasteiger partial charge in [-0.15, -0.1) is 0 Å². The van der Waals surface area contributed by atoms with E-state index in [0.29, 0.717) is 0 Å². The Morgan fingerprint density at radius 3 is 2.14 bits per heavy atom. The van der Waals surface area contributed by atoms with E-state index in [1.807, 2.05) is 54.6 Å².